The number of rotatable bonds is 8. The molecule has 4 heteroatoms. The van der Waals surface area contributed by atoms with Crippen LogP contribution in [-0.4, -0.2) is 13.2 Å². The zero-order chi connectivity index (χ0) is 9.23. The molecule has 0 spiro atoms. The molecule has 0 saturated carbocycles. The summed E-state index contributed by atoms with van der Waals surface area (Å²) in [6.07, 6.45) is 4.08. The standard InChI is InChI=1S/2C4H9O.O.Ti/c2*1-2-3-4-5;;/h2*2-4H2,1H3;;/q2*-1;;+2. The maximum absolute atomic E-state index is 11.0. The van der Waals surface area contributed by atoms with E-state index in [9.17, 15) is 3.32 Å². The van der Waals surface area contributed by atoms with Gasteiger partial charge in [0.15, 0.2) is 0 Å². The molecule has 0 aliphatic carbocycles. The Bertz CT molecular complexity index is 105. The van der Waals surface area contributed by atoms with Crippen LogP contribution in [-0.2, 0) is 28.6 Å². The summed E-state index contributed by atoms with van der Waals surface area (Å²) in [4.78, 5) is 0. The average molecular weight is 210 g/mol. The van der Waals surface area contributed by atoms with Gasteiger partial charge >= 0.3 is 81.3 Å². The number of unbranched alkanes of at least 4 members (excludes halogenated alkanes) is 2. The fourth-order valence-corrected chi connectivity index (χ4v) is 1.74. The molecule has 0 aromatic rings. The van der Waals surface area contributed by atoms with Crippen LogP contribution in [0.4, 0.5) is 0 Å². The Kier molecular flexibility index (Phi) is 9.87. The number of hydrogen-bond acceptors (Lipinski definition) is 3. The van der Waals surface area contributed by atoms with Gasteiger partial charge < -0.3 is 0 Å². The van der Waals surface area contributed by atoms with E-state index in [1.165, 1.54) is 0 Å². The van der Waals surface area contributed by atoms with Crippen molar-refractivity contribution in [3.05, 3.63) is 0 Å². The molecule has 0 bridgehead atoms. The molecule has 0 amide bonds. The molecule has 0 radical (unpaired) electrons. The molecular formula is C8H18O3Ti. The summed E-state index contributed by atoms with van der Waals surface area (Å²) in [5, 5.41) is 0. The van der Waals surface area contributed by atoms with Crippen molar-refractivity contribution in [2.24, 2.45) is 0 Å². The third-order valence-electron chi connectivity index (χ3n) is 1.44. The first-order valence-corrected chi connectivity index (χ1v) is 6.52. The van der Waals surface area contributed by atoms with E-state index >= 15 is 0 Å². The van der Waals surface area contributed by atoms with Crippen LogP contribution in [0.3, 0.4) is 0 Å². The summed E-state index contributed by atoms with van der Waals surface area (Å²) in [7, 11) is 0. The summed E-state index contributed by atoms with van der Waals surface area (Å²) in [6, 6.07) is 0. The summed E-state index contributed by atoms with van der Waals surface area (Å²) in [5.74, 6) is 0. The Morgan fingerprint density at radius 1 is 1.00 bits per heavy atom. The van der Waals surface area contributed by atoms with Crippen LogP contribution in [0.2, 0.25) is 0 Å². The zero-order valence-corrected chi connectivity index (χ0v) is 9.53. The van der Waals surface area contributed by atoms with Gasteiger partial charge in [0.1, 0.15) is 0 Å². The molecule has 0 aliphatic rings. The average Bonchev–Trinajstić information content (AvgIpc) is 2.06. The first-order valence-electron chi connectivity index (χ1n) is 4.60. The summed E-state index contributed by atoms with van der Waals surface area (Å²) in [5.41, 5.74) is 0. The van der Waals surface area contributed by atoms with Gasteiger partial charge in [-0.3, -0.25) is 0 Å². The van der Waals surface area contributed by atoms with Crippen molar-refractivity contribution in [3.63, 3.8) is 0 Å². The van der Waals surface area contributed by atoms with Gasteiger partial charge in [0, 0.05) is 0 Å². The SMILES string of the molecule is CCCC[O][Ti](=[O])[O]CCCC. The second-order valence-corrected chi connectivity index (χ2v) is 4.34. The van der Waals surface area contributed by atoms with E-state index in [2.05, 4.69) is 13.8 Å². The molecule has 0 aliphatic heterocycles. The van der Waals surface area contributed by atoms with E-state index in [4.69, 9.17) is 6.64 Å². The summed E-state index contributed by atoms with van der Waals surface area (Å²) in [6.45, 7) is 5.32. The van der Waals surface area contributed by atoms with E-state index in [1.807, 2.05) is 0 Å². The summed E-state index contributed by atoms with van der Waals surface area (Å²) < 4.78 is 21.0. The van der Waals surface area contributed by atoms with Crippen molar-refractivity contribution in [1.82, 2.24) is 0 Å². The molecule has 0 unspecified atom stereocenters. The van der Waals surface area contributed by atoms with Crippen molar-refractivity contribution in [2.75, 3.05) is 13.2 Å². The van der Waals surface area contributed by atoms with E-state index in [-0.39, 0.29) is 0 Å². The van der Waals surface area contributed by atoms with Crippen molar-refractivity contribution in [3.8, 4) is 0 Å². The van der Waals surface area contributed by atoms with E-state index in [0.717, 1.165) is 25.7 Å². The Morgan fingerprint density at radius 3 is 1.75 bits per heavy atom. The Hall–Kier alpha value is 0.434. The van der Waals surface area contributed by atoms with Gasteiger partial charge in [0.05, 0.1) is 0 Å². The van der Waals surface area contributed by atoms with Gasteiger partial charge in [0.25, 0.3) is 0 Å². The first kappa shape index (κ1) is 12.4. The van der Waals surface area contributed by atoms with Gasteiger partial charge in [-0.1, -0.05) is 0 Å². The minimum absolute atomic E-state index is 0.585. The zero-order valence-electron chi connectivity index (χ0n) is 7.97. The quantitative estimate of drug-likeness (QED) is 0.455. The van der Waals surface area contributed by atoms with E-state index in [1.54, 1.807) is 0 Å². The van der Waals surface area contributed by atoms with Gasteiger partial charge in [-0.15, -0.1) is 0 Å². The van der Waals surface area contributed by atoms with Gasteiger partial charge in [-0.05, 0) is 0 Å². The van der Waals surface area contributed by atoms with Crippen molar-refractivity contribution in [1.29, 1.82) is 0 Å². The predicted molar refractivity (Wildman–Crippen MR) is 42.4 cm³/mol. The maximum atomic E-state index is 11.0. The molecule has 0 N–H and O–H groups in total. The van der Waals surface area contributed by atoms with E-state index in [0.29, 0.717) is 13.2 Å². The van der Waals surface area contributed by atoms with Crippen LogP contribution < -0.4 is 0 Å². The fraction of sp³-hybridized carbons (Fsp3) is 1.00. The van der Waals surface area contributed by atoms with Crippen molar-refractivity contribution in [2.45, 2.75) is 39.5 Å². The molecule has 0 rings (SSSR count). The van der Waals surface area contributed by atoms with Crippen molar-refractivity contribution < 1.29 is 28.6 Å². The normalized spacial score (nSPS) is 10.2. The monoisotopic (exact) mass is 210 g/mol. The van der Waals surface area contributed by atoms with Crippen LogP contribution in [0, 0.1) is 0 Å². The first-order chi connectivity index (χ1) is 5.81. The van der Waals surface area contributed by atoms with Crippen LogP contribution in [0.15, 0.2) is 0 Å². The van der Waals surface area contributed by atoms with E-state index < -0.39 is 18.6 Å². The molecule has 72 valence electrons. The predicted octanol–water partition coefficient (Wildman–Crippen LogP) is 2.41. The topological polar surface area (TPSA) is 35.5 Å². The van der Waals surface area contributed by atoms with Crippen LogP contribution in [0.5, 0.6) is 0 Å². The molecule has 3 nitrogen and oxygen atoms in total. The molecule has 12 heavy (non-hydrogen) atoms. The van der Waals surface area contributed by atoms with Gasteiger partial charge in [-0.2, -0.15) is 0 Å². The third kappa shape index (κ3) is 8.53. The molecule has 0 fully saturated rings. The Morgan fingerprint density at radius 2 is 1.42 bits per heavy atom. The second-order valence-electron chi connectivity index (χ2n) is 2.65. The second kappa shape index (κ2) is 9.52. The van der Waals surface area contributed by atoms with Gasteiger partial charge in [0.2, 0.25) is 0 Å². The molecular weight excluding hydrogens is 192 g/mol. The molecule has 0 aromatic heterocycles. The number of hydrogen-bond donors (Lipinski definition) is 0. The molecule has 0 saturated heterocycles. The Balaban J connectivity index is 3.10. The van der Waals surface area contributed by atoms with Crippen LogP contribution in [0.1, 0.15) is 39.5 Å². The van der Waals surface area contributed by atoms with Crippen LogP contribution >= 0.6 is 0 Å². The fourth-order valence-electron chi connectivity index (χ4n) is 0.641. The van der Waals surface area contributed by atoms with Crippen molar-refractivity contribution >= 4 is 0 Å². The van der Waals surface area contributed by atoms with Gasteiger partial charge in [-0.25, -0.2) is 0 Å². The molecule has 0 aromatic carbocycles. The molecule has 0 atom stereocenters. The third-order valence-corrected chi connectivity index (χ3v) is 2.81. The Labute approximate surface area is 81.5 Å². The molecule has 0 heterocycles. The van der Waals surface area contributed by atoms with Crippen LogP contribution in [0.25, 0.3) is 0 Å². The minimum atomic E-state index is -2.76. The summed E-state index contributed by atoms with van der Waals surface area (Å²) >= 11 is -2.76.